The van der Waals surface area contributed by atoms with Crippen molar-refractivity contribution in [3.63, 3.8) is 0 Å². The average Bonchev–Trinajstić information content (AvgIpc) is 2.29. The Balaban J connectivity index is 2.22. The fraction of sp³-hybridized carbons (Fsp3) is 0.500. The van der Waals surface area contributed by atoms with Gasteiger partial charge in [-0.05, 0) is 13.1 Å². The number of nitrogens with zero attached hydrogens (tertiary/aromatic N) is 3. The SMILES string of the molecule is CN1CCN(c2cc(S(=O)(=O)Cl)ccn2)CC1. The summed E-state index contributed by atoms with van der Waals surface area (Å²) in [6.07, 6.45) is 1.48. The minimum atomic E-state index is -3.68. The molecule has 0 saturated carbocycles. The minimum absolute atomic E-state index is 0.100. The highest BCUT2D eigenvalue weighted by Crippen LogP contribution is 2.20. The van der Waals surface area contributed by atoms with E-state index < -0.39 is 9.05 Å². The van der Waals surface area contributed by atoms with E-state index in [1.54, 1.807) is 0 Å². The van der Waals surface area contributed by atoms with Crippen LogP contribution in [0.15, 0.2) is 23.2 Å². The Bertz CT molecular complexity index is 498. The number of halogens is 1. The Kier molecular flexibility index (Phi) is 3.56. The van der Waals surface area contributed by atoms with Gasteiger partial charge in [0.25, 0.3) is 9.05 Å². The van der Waals surface area contributed by atoms with Crippen LogP contribution in [0, 0.1) is 0 Å². The lowest BCUT2D eigenvalue weighted by atomic mass is 10.3. The van der Waals surface area contributed by atoms with Gasteiger partial charge in [0, 0.05) is 49.1 Å². The van der Waals surface area contributed by atoms with Crippen molar-refractivity contribution < 1.29 is 8.42 Å². The summed E-state index contributed by atoms with van der Waals surface area (Å²) in [7, 11) is 3.69. The van der Waals surface area contributed by atoms with Gasteiger partial charge in [0.15, 0.2) is 0 Å². The van der Waals surface area contributed by atoms with Crippen molar-refractivity contribution in [2.75, 3.05) is 38.1 Å². The highest BCUT2D eigenvalue weighted by Gasteiger charge is 2.17. The van der Waals surface area contributed by atoms with Crippen LogP contribution in [-0.4, -0.2) is 51.5 Å². The van der Waals surface area contributed by atoms with Crippen LogP contribution in [-0.2, 0) is 9.05 Å². The van der Waals surface area contributed by atoms with Crippen LogP contribution >= 0.6 is 10.7 Å². The van der Waals surface area contributed by atoms with E-state index in [1.807, 2.05) is 0 Å². The zero-order valence-electron chi connectivity index (χ0n) is 9.50. The molecule has 0 aliphatic carbocycles. The molecule has 7 heteroatoms. The van der Waals surface area contributed by atoms with Gasteiger partial charge in [-0.3, -0.25) is 0 Å². The Morgan fingerprint density at radius 3 is 2.53 bits per heavy atom. The maximum absolute atomic E-state index is 11.2. The first kappa shape index (κ1) is 12.6. The van der Waals surface area contributed by atoms with E-state index in [9.17, 15) is 8.42 Å². The lowest BCUT2D eigenvalue weighted by Gasteiger charge is -2.33. The number of anilines is 1. The molecule has 0 radical (unpaired) electrons. The van der Waals surface area contributed by atoms with Crippen LogP contribution < -0.4 is 4.90 Å². The maximum atomic E-state index is 11.2. The van der Waals surface area contributed by atoms with Crippen LogP contribution in [0.2, 0.25) is 0 Å². The lowest BCUT2D eigenvalue weighted by molar-refractivity contribution is 0.312. The third-order valence-electron chi connectivity index (χ3n) is 2.83. The summed E-state index contributed by atoms with van der Waals surface area (Å²) >= 11 is 0. The van der Waals surface area contributed by atoms with Crippen molar-refractivity contribution in [3.8, 4) is 0 Å². The largest absolute Gasteiger partial charge is 0.354 e. The Hall–Kier alpha value is -0.850. The van der Waals surface area contributed by atoms with Crippen molar-refractivity contribution in [1.82, 2.24) is 9.88 Å². The van der Waals surface area contributed by atoms with Gasteiger partial charge in [0.1, 0.15) is 5.82 Å². The second-order valence-corrected chi connectivity index (χ2v) is 6.64. The van der Waals surface area contributed by atoms with Gasteiger partial charge in [-0.2, -0.15) is 0 Å². The summed E-state index contributed by atoms with van der Waals surface area (Å²) in [5.74, 6) is 0.667. The van der Waals surface area contributed by atoms with E-state index in [0.29, 0.717) is 5.82 Å². The summed E-state index contributed by atoms with van der Waals surface area (Å²) < 4.78 is 22.5. The molecule has 0 bridgehead atoms. The topological polar surface area (TPSA) is 53.5 Å². The fourth-order valence-corrected chi connectivity index (χ4v) is 2.52. The first-order chi connectivity index (χ1) is 7.97. The molecule has 94 valence electrons. The van der Waals surface area contributed by atoms with Crippen LogP contribution in [0.4, 0.5) is 5.82 Å². The van der Waals surface area contributed by atoms with Gasteiger partial charge in [-0.1, -0.05) is 0 Å². The Morgan fingerprint density at radius 2 is 1.94 bits per heavy atom. The second-order valence-electron chi connectivity index (χ2n) is 4.08. The van der Waals surface area contributed by atoms with Crippen molar-refractivity contribution >= 4 is 25.6 Å². The molecule has 1 fully saturated rings. The number of hydrogen-bond donors (Lipinski definition) is 0. The molecule has 2 heterocycles. The number of hydrogen-bond acceptors (Lipinski definition) is 5. The number of likely N-dealkylation sites (N-methyl/N-ethyl adjacent to an activating group) is 1. The smallest absolute Gasteiger partial charge is 0.261 e. The Morgan fingerprint density at radius 1 is 1.29 bits per heavy atom. The predicted octanol–water partition coefficient (Wildman–Crippen LogP) is 0.761. The van der Waals surface area contributed by atoms with Gasteiger partial charge in [0.2, 0.25) is 0 Å². The number of piperazine rings is 1. The zero-order valence-corrected chi connectivity index (χ0v) is 11.1. The third kappa shape index (κ3) is 3.08. The molecule has 17 heavy (non-hydrogen) atoms. The van der Waals surface area contributed by atoms with Crippen molar-refractivity contribution in [3.05, 3.63) is 18.3 Å². The predicted molar refractivity (Wildman–Crippen MR) is 67.0 cm³/mol. The van der Waals surface area contributed by atoms with Crippen molar-refractivity contribution in [2.45, 2.75) is 4.90 Å². The summed E-state index contributed by atoms with van der Waals surface area (Å²) in [5, 5.41) is 0. The monoisotopic (exact) mass is 275 g/mol. The van der Waals surface area contributed by atoms with Gasteiger partial charge in [-0.15, -0.1) is 0 Å². The third-order valence-corrected chi connectivity index (χ3v) is 4.18. The number of pyridine rings is 1. The normalized spacial score (nSPS) is 18.4. The number of rotatable bonds is 2. The summed E-state index contributed by atoms with van der Waals surface area (Å²) in [6, 6.07) is 2.93. The molecule has 1 aromatic heterocycles. The molecule has 0 spiro atoms. The summed E-state index contributed by atoms with van der Waals surface area (Å²) in [6.45, 7) is 3.57. The highest BCUT2D eigenvalue weighted by atomic mass is 35.7. The molecule has 0 atom stereocenters. The molecule has 1 aliphatic heterocycles. The molecule has 2 rings (SSSR count). The van der Waals surface area contributed by atoms with Gasteiger partial charge in [-0.25, -0.2) is 13.4 Å². The van der Waals surface area contributed by atoms with Crippen molar-refractivity contribution in [2.24, 2.45) is 0 Å². The zero-order chi connectivity index (χ0) is 12.5. The number of aromatic nitrogens is 1. The molecular weight excluding hydrogens is 262 g/mol. The first-order valence-electron chi connectivity index (χ1n) is 5.31. The van der Waals surface area contributed by atoms with E-state index in [1.165, 1.54) is 18.3 Å². The molecular formula is C10H14ClN3O2S. The quantitative estimate of drug-likeness (QED) is 0.746. The molecule has 1 saturated heterocycles. The average molecular weight is 276 g/mol. The highest BCUT2D eigenvalue weighted by molar-refractivity contribution is 8.13. The van der Waals surface area contributed by atoms with E-state index in [0.717, 1.165) is 26.2 Å². The summed E-state index contributed by atoms with van der Waals surface area (Å²) in [5.41, 5.74) is 0. The maximum Gasteiger partial charge on any atom is 0.261 e. The van der Waals surface area contributed by atoms with Gasteiger partial charge < -0.3 is 9.80 Å². The molecule has 1 aliphatic rings. The Labute approximate surface area is 105 Å². The lowest BCUT2D eigenvalue weighted by Crippen LogP contribution is -2.44. The molecule has 0 N–H and O–H groups in total. The van der Waals surface area contributed by atoms with E-state index >= 15 is 0 Å². The molecule has 0 aromatic carbocycles. The van der Waals surface area contributed by atoms with Crippen LogP contribution in [0.25, 0.3) is 0 Å². The molecule has 1 aromatic rings. The molecule has 5 nitrogen and oxygen atoms in total. The second kappa shape index (κ2) is 4.80. The van der Waals surface area contributed by atoms with Gasteiger partial charge >= 0.3 is 0 Å². The standard InChI is InChI=1S/C10H14ClN3O2S/c1-13-4-6-14(7-5-13)10-8-9(2-3-12-10)17(11,15)16/h2-3,8H,4-7H2,1H3. The van der Waals surface area contributed by atoms with E-state index in [2.05, 4.69) is 21.8 Å². The molecule has 0 unspecified atom stereocenters. The first-order valence-corrected chi connectivity index (χ1v) is 7.62. The van der Waals surface area contributed by atoms with Gasteiger partial charge in [0.05, 0.1) is 4.90 Å². The van der Waals surface area contributed by atoms with E-state index in [-0.39, 0.29) is 4.90 Å². The fourth-order valence-electron chi connectivity index (χ4n) is 1.76. The minimum Gasteiger partial charge on any atom is -0.354 e. The molecule has 0 amide bonds. The van der Waals surface area contributed by atoms with E-state index in [4.69, 9.17) is 10.7 Å². The van der Waals surface area contributed by atoms with Crippen molar-refractivity contribution in [1.29, 1.82) is 0 Å². The van der Waals surface area contributed by atoms with Crippen LogP contribution in [0.5, 0.6) is 0 Å². The summed E-state index contributed by atoms with van der Waals surface area (Å²) in [4.78, 5) is 8.57. The van der Waals surface area contributed by atoms with Crippen LogP contribution in [0.3, 0.4) is 0 Å². The van der Waals surface area contributed by atoms with Crippen LogP contribution in [0.1, 0.15) is 0 Å².